The maximum absolute atomic E-state index is 5.27. The summed E-state index contributed by atoms with van der Waals surface area (Å²) >= 11 is 0. The van der Waals surface area contributed by atoms with Gasteiger partial charge in [0.25, 0.3) is 0 Å². The van der Waals surface area contributed by atoms with Crippen molar-refractivity contribution in [2.24, 2.45) is 0 Å². The van der Waals surface area contributed by atoms with E-state index in [4.69, 9.17) is 15.2 Å². The van der Waals surface area contributed by atoms with Gasteiger partial charge in [-0.15, -0.1) is 15.0 Å². The molecular weight excluding hydrogens is 709 g/mol. The number of hydrogen-bond acceptors (Lipinski definition) is 5. The molecular formula is C52H38N6. The van der Waals surface area contributed by atoms with Crippen LogP contribution in [-0.2, 0) is 0 Å². The van der Waals surface area contributed by atoms with Gasteiger partial charge in [0.05, 0.1) is 11.2 Å². The Morgan fingerprint density at radius 3 is 1.16 bits per heavy atom. The van der Waals surface area contributed by atoms with Crippen molar-refractivity contribution in [1.29, 1.82) is 0 Å². The van der Waals surface area contributed by atoms with E-state index in [1.165, 1.54) is 0 Å². The zero-order valence-corrected chi connectivity index (χ0v) is 31.9. The first-order chi connectivity index (χ1) is 28.7. The normalized spacial score (nSPS) is 11.2. The Hall–Kier alpha value is -7.83. The predicted molar refractivity (Wildman–Crippen MR) is 239 cm³/mol. The van der Waals surface area contributed by atoms with Crippen molar-refractivity contribution in [3.63, 3.8) is 0 Å². The average Bonchev–Trinajstić information content (AvgIpc) is 3.74. The van der Waals surface area contributed by atoms with E-state index in [0.29, 0.717) is 0 Å². The summed E-state index contributed by atoms with van der Waals surface area (Å²) in [5.41, 5.74) is 15.0. The molecule has 2 heterocycles. The summed E-state index contributed by atoms with van der Waals surface area (Å²) < 4.78 is 0. The monoisotopic (exact) mass is 746 g/mol. The van der Waals surface area contributed by atoms with Gasteiger partial charge in [-0.1, -0.05) is 127 Å². The minimum atomic E-state index is 0.825. The second kappa shape index (κ2) is 15.0. The fourth-order valence-electron chi connectivity index (χ4n) is 7.80. The van der Waals surface area contributed by atoms with Crippen molar-refractivity contribution in [2.45, 2.75) is 6.92 Å². The van der Waals surface area contributed by atoms with Crippen LogP contribution in [0.25, 0.3) is 49.9 Å². The van der Waals surface area contributed by atoms with E-state index in [-0.39, 0.29) is 0 Å². The van der Waals surface area contributed by atoms with Crippen LogP contribution in [0, 0.1) is 6.92 Å². The van der Waals surface area contributed by atoms with Crippen molar-refractivity contribution in [3.05, 3.63) is 218 Å². The van der Waals surface area contributed by atoms with Crippen molar-refractivity contribution in [2.75, 3.05) is 9.80 Å². The minimum absolute atomic E-state index is 0.825. The smallest absolute Gasteiger partial charge is 0.122 e. The Kier molecular flexibility index (Phi) is 8.97. The summed E-state index contributed by atoms with van der Waals surface area (Å²) in [6, 6.07) is 74.0. The molecule has 276 valence electrons. The Labute approximate surface area is 337 Å². The number of nitrogens with zero attached hydrogens (tertiary/aromatic N) is 6. The van der Waals surface area contributed by atoms with Gasteiger partial charge in [0.2, 0.25) is 0 Å². The van der Waals surface area contributed by atoms with Gasteiger partial charge in [-0.25, -0.2) is 0 Å². The van der Waals surface area contributed by atoms with Gasteiger partial charge in [0.15, 0.2) is 0 Å². The van der Waals surface area contributed by atoms with Gasteiger partial charge >= 0.3 is 0 Å². The van der Waals surface area contributed by atoms with E-state index >= 15 is 0 Å². The van der Waals surface area contributed by atoms with Gasteiger partial charge in [0.1, 0.15) is 11.0 Å². The number of aromatic nitrogens is 4. The third kappa shape index (κ3) is 6.52. The highest BCUT2D eigenvalue weighted by molar-refractivity contribution is 6.01. The van der Waals surface area contributed by atoms with E-state index in [1.807, 2.05) is 49.4 Å². The first kappa shape index (κ1) is 34.6. The SMILES string of the molecule is Cc1cc(-n2nc3c(-c4ccc(N(c5ccccc5)c5ccccc5)cc4)ccc(-c4ccc(N(c5ccccc5)c5ccccc5)cc4)c3n2)c2ccccc2n1. The Morgan fingerprint density at radius 1 is 0.379 bits per heavy atom. The molecule has 0 aliphatic heterocycles. The quantitative estimate of drug-likeness (QED) is 0.147. The average molecular weight is 747 g/mol. The van der Waals surface area contributed by atoms with Gasteiger partial charge in [-0.3, -0.25) is 4.98 Å². The minimum Gasteiger partial charge on any atom is -0.311 e. The number of aryl methyl sites for hydroxylation is 1. The lowest BCUT2D eigenvalue weighted by atomic mass is 9.97. The molecule has 0 radical (unpaired) electrons. The largest absolute Gasteiger partial charge is 0.311 e. The van der Waals surface area contributed by atoms with E-state index in [2.05, 4.69) is 180 Å². The molecule has 0 unspecified atom stereocenters. The molecule has 58 heavy (non-hydrogen) atoms. The van der Waals surface area contributed by atoms with Crippen LogP contribution in [0.2, 0.25) is 0 Å². The molecule has 0 saturated carbocycles. The van der Waals surface area contributed by atoms with Crippen LogP contribution >= 0.6 is 0 Å². The van der Waals surface area contributed by atoms with E-state index < -0.39 is 0 Å². The lowest BCUT2D eigenvalue weighted by molar-refractivity contribution is 0.769. The Morgan fingerprint density at radius 2 is 0.741 bits per heavy atom. The summed E-state index contributed by atoms with van der Waals surface area (Å²) in [6.45, 7) is 2.02. The third-order valence-corrected chi connectivity index (χ3v) is 10.5. The standard InChI is InChI=1S/C52H38N6/c1-37-36-50(48-24-14-15-25-49(48)53-37)58-54-51-46(38-26-30-44(31-27-38)56(40-16-6-2-7-17-40)41-18-8-3-9-19-41)34-35-47(52(51)55-58)39-28-32-45(33-29-39)57(42-20-10-4-11-21-42)43-22-12-5-13-23-43/h2-36H,1H3. The van der Waals surface area contributed by atoms with E-state index in [0.717, 1.165) is 89.7 Å². The maximum Gasteiger partial charge on any atom is 0.122 e. The molecule has 0 aliphatic rings. The van der Waals surface area contributed by atoms with Crippen LogP contribution < -0.4 is 9.80 Å². The zero-order valence-electron chi connectivity index (χ0n) is 31.9. The molecule has 10 aromatic rings. The molecule has 0 N–H and O–H groups in total. The summed E-state index contributed by atoms with van der Waals surface area (Å²) in [5.74, 6) is 0. The molecule has 0 bridgehead atoms. The zero-order chi connectivity index (χ0) is 38.8. The van der Waals surface area contributed by atoms with Gasteiger partial charge in [-0.05, 0) is 103 Å². The molecule has 0 atom stereocenters. The number of benzene rings is 8. The fraction of sp³-hybridized carbons (Fsp3) is 0.0192. The fourth-order valence-corrected chi connectivity index (χ4v) is 7.80. The van der Waals surface area contributed by atoms with Crippen LogP contribution in [0.4, 0.5) is 34.1 Å². The second-order valence-electron chi connectivity index (χ2n) is 14.3. The highest BCUT2D eigenvalue weighted by atomic mass is 15.5. The van der Waals surface area contributed by atoms with Crippen LogP contribution in [0.5, 0.6) is 0 Å². The summed E-state index contributed by atoms with van der Waals surface area (Å²) in [4.78, 5) is 11.1. The van der Waals surface area contributed by atoms with Gasteiger partial charge < -0.3 is 9.80 Å². The first-order valence-corrected chi connectivity index (χ1v) is 19.5. The number of rotatable bonds is 9. The van der Waals surface area contributed by atoms with Crippen molar-refractivity contribution in [1.82, 2.24) is 20.0 Å². The topological polar surface area (TPSA) is 50.1 Å². The molecule has 0 saturated heterocycles. The Balaban J connectivity index is 1.10. The predicted octanol–water partition coefficient (Wildman–Crippen LogP) is 13.6. The van der Waals surface area contributed by atoms with Crippen molar-refractivity contribution >= 4 is 56.1 Å². The number of anilines is 6. The molecule has 0 amide bonds. The molecule has 10 rings (SSSR count). The van der Waals surface area contributed by atoms with Crippen LogP contribution in [0.1, 0.15) is 5.69 Å². The number of para-hydroxylation sites is 5. The van der Waals surface area contributed by atoms with Crippen molar-refractivity contribution < 1.29 is 0 Å². The maximum atomic E-state index is 5.27. The lowest BCUT2D eigenvalue weighted by Crippen LogP contribution is -2.09. The van der Waals surface area contributed by atoms with Crippen molar-refractivity contribution in [3.8, 4) is 27.9 Å². The van der Waals surface area contributed by atoms with Crippen LogP contribution in [-0.4, -0.2) is 20.0 Å². The van der Waals surface area contributed by atoms with E-state index in [9.17, 15) is 0 Å². The molecule has 0 fully saturated rings. The van der Waals surface area contributed by atoms with Gasteiger partial charge in [-0.2, -0.15) is 0 Å². The second-order valence-corrected chi connectivity index (χ2v) is 14.3. The van der Waals surface area contributed by atoms with Gasteiger partial charge in [0, 0.05) is 56.3 Å². The highest BCUT2D eigenvalue weighted by Crippen LogP contribution is 2.40. The third-order valence-electron chi connectivity index (χ3n) is 10.5. The molecule has 6 nitrogen and oxygen atoms in total. The summed E-state index contributed by atoms with van der Waals surface area (Å²) in [7, 11) is 0. The van der Waals surface area contributed by atoms with Crippen LogP contribution in [0.15, 0.2) is 212 Å². The molecule has 6 heteroatoms. The number of fused-ring (bicyclic) bond motifs is 2. The number of hydrogen-bond donors (Lipinski definition) is 0. The Bertz CT molecular complexity index is 2740. The summed E-state index contributed by atoms with van der Waals surface area (Å²) in [6.07, 6.45) is 0. The molecule has 0 aliphatic carbocycles. The summed E-state index contributed by atoms with van der Waals surface area (Å²) in [5, 5.41) is 11.5. The first-order valence-electron chi connectivity index (χ1n) is 19.5. The highest BCUT2D eigenvalue weighted by Gasteiger charge is 2.20. The molecule has 2 aromatic heterocycles. The van der Waals surface area contributed by atoms with E-state index in [1.54, 1.807) is 4.80 Å². The molecule has 8 aromatic carbocycles. The molecule has 0 spiro atoms. The van der Waals surface area contributed by atoms with Crippen LogP contribution in [0.3, 0.4) is 0 Å². The number of pyridine rings is 1. The lowest BCUT2D eigenvalue weighted by Gasteiger charge is -2.25.